The summed E-state index contributed by atoms with van der Waals surface area (Å²) in [5, 5.41) is 11.4. The van der Waals surface area contributed by atoms with Crippen molar-refractivity contribution in [2.45, 2.75) is 64.6 Å². The number of aliphatic hydroxyl groups is 1. The van der Waals surface area contributed by atoms with E-state index in [-0.39, 0.29) is 22.9 Å². The van der Waals surface area contributed by atoms with Crippen molar-refractivity contribution in [3.8, 4) is 5.75 Å². The summed E-state index contributed by atoms with van der Waals surface area (Å²) in [4.78, 5) is 31.3. The summed E-state index contributed by atoms with van der Waals surface area (Å²) in [6, 6.07) is 12.8. The van der Waals surface area contributed by atoms with Crippen LogP contribution < -0.4 is 9.30 Å². The number of carbonyl (C=O) groups is 2. The molecule has 0 saturated carbocycles. The van der Waals surface area contributed by atoms with E-state index in [0.29, 0.717) is 25.1 Å². The highest BCUT2D eigenvalue weighted by atomic mass is 16.5. The van der Waals surface area contributed by atoms with Crippen molar-refractivity contribution in [3.05, 3.63) is 89.0 Å². The minimum atomic E-state index is -0.659. The van der Waals surface area contributed by atoms with Crippen molar-refractivity contribution in [1.29, 1.82) is 0 Å². The summed E-state index contributed by atoms with van der Waals surface area (Å²) >= 11 is 0. The fourth-order valence-electron chi connectivity index (χ4n) is 5.23. The maximum absolute atomic E-state index is 13.4. The number of aromatic nitrogens is 2. The second-order valence-corrected chi connectivity index (χ2v) is 11.0. The number of fused-ring (bicyclic) bond motifs is 1. The number of nitrogens with zero attached hydrogens (tertiary/aromatic N) is 2. The van der Waals surface area contributed by atoms with Gasteiger partial charge in [-0.3, -0.25) is 14.6 Å². The van der Waals surface area contributed by atoms with Gasteiger partial charge in [0.25, 0.3) is 11.7 Å². The maximum Gasteiger partial charge on any atom is 0.295 e. The molecule has 3 aromatic rings. The van der Waals surface area contributed by atoms with Crippen LogP contribution in [0.15, 0.2) is 66.8 Å². The van der Waals surface area contributed by atoms with E-state index >= 15 is 0 Å². The summed E-state index contributed by atoms with van der Waals surface area (Å²) in [5.41, 5.74) is 3.58. The summed E-state index contributed by atoms with van der Waals surface area (Å²) in [7, 11) is 0. The number of aryl methyl sites for hydroxylation is 1. The first kappa shape index (κ1) is 24.8. The molecule has 7 heteroatoms. The molecule has 5 rings (SSSR count). The van der Waals surface area contributed by atoms with Gasteiger partial charge >= 0.3 is 0 Å². The van der Waals surface area contributed by atoms with Gasteiger partial charge in [-0.05, 0) is 47.2 Å². The molecule has 2 aliphatic heterocycles. The van der Waals surface area contributed by atoms with Crippen molar-refractivity contribution < 1.29 is 24.0 Å². The number of likely N-dealkylation sites (tertiary alicyclic amines) is 1. The molecule has 0 bridgehead atoms. The molecule has 0 spiro atoms. The molecule has 2 unspecified atom stereocenters. The fraction of sp³-hybridized carbons (Fsp3) is 0.367. The van der Waals surface area contributed by atoms with Crippen LogP contribution in [0.5, 0.6) is 5.75 Å². The van der Waals surface area contributed by atoms with Crippen molar-refractivity contribution >= 4 is 17.4 Å². The molecule has 0 radical (unpaired) electrons. The van der Waals surface area contributed by atoms with Gasteiger partial charge in [-0.15, -0.1) is 0 Å². The average molecular weight is 501 g/mol. The van der Waals surface area contributed by atoms with E-state index in [1.807, 2.05) is 66.6 Å². The number of aliphatic hydroxyl groups excluding tert-OH is 1. The molecule has 2 aromatic carbocycles. The molecule has 2 atom stereocenters. The zero-order valence-corrected chi connectivity index (χ0v) is 21.8. The number of nitrogens with one attached hydrogen (secondary N) is 1. The van der Waals surface area contributed by atoms with Crippen LogP contribution in [-0.4, -0.2) is 39.3 Å². The number of hydrogen-bond acceptors (Lipinski definition) is 4. The van der Waals surface area contributed by atoms with Crippen LogP contribution >= 0.6 is 0 Å². The predicted octanol–water partition coefficient (Wildman–Crippen LogP) is 4.44. The lowest BCUT2D eigenvalue weighted by Crippen LogP contribution is -2.36. The smallest absolute Gasteiger partial charge is 0.295 e. The summed E-state index contributed by atoms with van der Waals surface area (Å²) in [6.45, 7) is 9.52. The van der Waals surface area contributed by atoms with E-state index in [1.54, 1.807) is 11.0 Å². The van der Waals surface area contributed by atoms with Crippen molar-refractivity contribution in [1.82, 2.24) is 9.88 Å². The Morgan fingerprint density at radius 3 is 2.59 bits per heavy atom. The van der Waals surface area contributed by atoms with Gasteiger partial charge in [0.05, 0.1) is 18.2 Å². The Bertz CT molecular complexity index is 1350. The zero-order chi connectivity index (χ0) is 26.3. The molecule has 1 amide bonds. The Hall–Kier alpha value is -3.87. The van der Waals surface area contributed by atoms with Gasteiger partial charge in [0, 0.05) is 24.9 Å². The molecule has 2 aliphatic rings. The van der Waals surface area contributed by atoms with Gasteiger partial charge in [0.1, 0.15) is 30.0 Å². The van der Waals surface area contributed by atoms with Crippen molar-refractivity contribution in [2.75, 3.05) is 6.54 Å². The van der Waals surface area contributed by atoms with E-state index in [2.05, 4.69) is 25.8 Å². The molecule has 3 heterocycles. The number of ketones is 1. The molecule has 2 N–H and O–H groups in total. The van der Waals surface area contributed by atoms with Crippen LogP contribution in [0.2, 0.25) is 0 Å². The molecule has 1 fully saturated rings. The lowest BCUT2D eigenvalue weighted by atomic mass is 9.85. The molecular formula is C30H34N3O4+. The Balaban J connectivity index is 1.54. The van der Waals surface area contributed by atoms with Crippen molar-refractivity contribution in [3.63, 3.8) is 0 Å². The molecule has 37 heavy (non-hydrogen) atoms. The summed E-state index contributed by atoms with van der Waals surface area (Å²) < 4.78 is 7.79. The number of H-pyrrole nitrogens is 1. The number of rotatable bonds is 6. The Morgan fingerprint density at radius 2 is 1.92 bits per heavy atom. The average Bonchev–Trinajstić information content (AvgIpc) is 3.57. The molecule has 7 nitrogen and oxygen atoms in total. The van der Waals surface area contributed by atoms with Crippen LogP contribution in [-0.2, 0) is 28.0 Å². The number of aromatic amines is 1. The first-order chi connectivity index (χ1) is 17.6. The molecule has 0 aliphatic carbocycles. The number of hydrogen-bond donors (Lipinski definition) is 2. The number of benzene rings is 2. The van der Waals surface area contributed by atoms with Gasteiger partial charge in [-0.2, -0.15) is 0 Å². The van der Waals surface area contributed by atoms with E-state index in [0.717, 1.165) is 28.9 Å². The molecule has 1 saturated heterocycles. The first-order valence-corrected chi connectivity index (χ1v) is 12.8. The number of amides is 1. The largest absolute Gasteiger partial charge is 0.507 e. The number of carbonyl (C=O) groups excluding carboxylic acids is 2. The maximum atomic E-state index is 13.4. The third-order valence-corrected chi connectivity index (χ3v) is 7.22. The Kier molecular flexibility index (Phi) is 6.40. The van der Waals surface area contributed by atoms with Gasteiger partial charge < -0.3 is 14.7 Å². The second-order valence-electron chi connectivity index (χ2n) is 11.0. The van der Waals surface area contributed by atoms with Gasteiger partial charge in [-0.1, -0.05) is 45.0 Å². The van der Waals surface area contributed by atoms with Gasteiger partial charge in [0.15, 0.2) is 0 Å². The monoisotopic (exact) mass is 500 g/mol. The topological polar surface area (TPSA) is 86.5 Å². The van der Waals surface area contributed by atoms with Gasteiger partial charge in [0.2, 0.25) is 6.33 Å². The van der Waals surface area contributed by atoms with E-state index < -0.39 is 17.7 Å². The van der Waals surface area contributed by atoms with Gasteiger partial charge in [-0.25, -0.2) is 4.57 Å². The predicted molar refractivity (Wildman–Crippen MR) is 140 cm³/mol. The van der Waals surface area contributed by atoms with Crippen LogP contribution in [0.3, 0.4) is 0 Å². The highest BCUT2D eigenvalue weighted by molar-refractivity contribution is 6.46. The third kappa shape index (κ3) is 4.78. The standard InChI is InChI=1S/C30H33N3O4/c1-19-16-22-17-21(8-11-24(22)37-19)27(34)25-26(20-6-9-23(10-7-20)30(2,3)4)33(29(36)28(25)35)14-5-13-32-15-12-31-18-32/h6-12,15,17-19,26H,5,13-14,16H2,1-4H3,(H,34,35)/p+1. The normalized spacial score (nSPS) is 20.8. The van der Waals surface area contributed by atoms with E-state index in [1.165, 1.54) is 0 Å². The van der Waals surface area contributed by atoms with Crippen LogP contribution in [0, 0.1) is 0 Å². The van der Waals surface area contributed by atoms with Crippen molar-refractivity contribution in [2.24, 2.45) is 0 Å². The fourth-order valence-corrected chi connectivity index (χ4v) is 5.23. The minimum Gasteiger partial charge on any atom is -0.507 e. The zero-order valence-electron chi connectivity index (χ0n) is 21.8. The lowest BCUT2D eigenvalue weighted by Gasteiger charge is -2.26. The second kappa shape index (κ2) is 9.54. The summed E-state index contributed by atoms with van der Waals surface area (Å²) in [5.74, 6) is -0.584. The number of ether oxygens (including phenoxy) is 1. The Labute approximate surface area is 217 Å². The molecule has 192 valence electrons. The third-order valence-electron chi connectivity index (χ3n) is 7.22. The Morgan fingerprint density at radius 1 is 1.16 bits per heavy atom. The number of Topliss-reactive ketones (excluding diaryl/α,β-unsaturated/α-hetero) is 1. The van der Waals surface area contributed by atoms with Crippen LogP contribution in [0.1, 0.15) is 62.4 Å². The van der Waals surface area contributed by atoms with Crippen LogP contribution in [0.4, 0.5) is 0 Å². The quantitative estimate of drug-likeness (QED) is 0.227. The lowest BCUT2D eigenvalue weighted by molar-refractivity contribution is -0.695. The molecular weight excluding hydrogens is 466 g/mol. The van der Waals surface area contributed by atoms with E-state index in [9.17, 15) is 14.7 Å². The number of imidazole rings is 1. The minimum absolute atomic E-state index is 0.0300. The first-order valence-electron chi connectivity index (χ1n) is 12.8. The van der Waals surface area contributed by atoms with E-state index in [4.69, 9.17) is 4.74 Å². The highest BCUT2D eigenvalue weighted by Crippen LogP contribution is 2.41. The molecule has 1 aromatic heterocycles. The van der Waals surface area contributed by atoms with Crippen LogP contribution in [0.25, 0.3) is 5.76 Å². The summed E-state index contributed by atoms with van der Waals surface area (Å²) in [6.07, 6.45) is 7.09. The SMILES string of the molecule is CC1Cc2cc(/C(O)=C3\C(=O)C(=O)N(CCC[n+]4cc[nH]c4)C3c3ccc(C(C)(C)C)cc3)ccc2O1. The highest BCUT2D eigenvalue weighted by Gasteiger charge is 2.46.